The van der Waals surface area contributed by atoms with Gasteiger partial charge in [0.1, 0.15) is 11.6 Å². The molecule has 0 aliphatic heterocycles. The van der Waals surface area contributed by atoms with E-state index in [1.165, 1.54) is 20.2 Å². The number of benzene rings is 1. The molecule has 9 nitrogen and oxygen atoms in total. The predicted octanol–water partition coefficient (Wildman–Crippen LogP) is 3.75. The van der Waals surface area contributed by atoms with Crippen LogP contribution in [0.4, 0.5) is 21.6 Å². The Morgan fingerprint density at radius 1 is 1.12 bits per heavy atom. The Balaban J connectivity index is 1.77. The minimum Gasteiger partial charge on any atom is -0.494 e. The maximum atomic E-state index is 14.3. The van der Waals surface area contributed by atoms with Crippen LogP contribution in [0.3, 0.4) is 0 Å². The van der Waals surface area contributed by atoms with E-state index in [1.54, 1.807) is 25.3 Å². The Morgan fingerprint density at radius 3 is 2.53 bits per heavy atom. The second-order valence-electron chi connectivity index (χ2n) is 8.09. The molecule has 0 radical (unpaired) electrons. The van der Waals surface area contributed by atoms with E-state index in [1.807, 2.05) is 13.0 Å². The van der Waals surface area contributed by atoms with Crippen molar-refractivity contribution in [2.75, 3.05) is 24.8 Å². The number of methoxy groups -OCH3 is 1. The number of halogens is 1. The lowest BCUT2D eigenvalue weighted by molar-refractivity contribution is -0.117. The van der Waals surface area contributed by atoms with E-state index in [9.17, 15) is 14.0 Å². The molecule has 2 amide bonds. The number of carbonyl (C=O) groups is 2. The first-order valence-corrected chi connectivity index (χ1v) is 10.8. The molecule has 3 aromatic rings. The number of amides is 2. The number of hydrogen-bond donors (Lipinski definition) is 3. The molecular formula is C24H25FN6O3. The van der Waals surface area contributed by atoms with E-state index in [0.29, 0.717) is 33.9 Å². The van der Waals surface area contributed by atoms with Crippen LogP contribution in [0.2, 0.25) is 0 Å². The molecule has 2 heterocycles. The van der Waals surface area contributed by atoms with Gasteiger partial charge in [-0.15, -0.1) is 10.2 Å². The quantitative estimate of drug-likeness (QED) is 0.487. The van der Waals surface area contributed by atoms with Gasteiger partial charge in [0.05, 0.1) is 24.2 Å². The predicted molar refractivity (Wildman–Crippen MR) is 126 cm³/mol. The van der Waals surface area contributed by atoms with E-state index in [-0.39, 0.29) is 23.3 Å². The summed E-state index contributed by atoms with van der Waals surface area (Å²) in [7, 11) is 2.99. The number of nitrogens with one attached hydrogen (secondary N) is 3. The first-order valence-electron chi connectivity index (χ1n) is 10.8. The normalized spacial score (nSPS) is 12.7. The van der Waals surface area contributed by atoms with Crippen molar-refractivity contribution in [2.45, 2.75) is 26.7 Å². The first-order chi connectivity index (χ1) is 16.3. The molecule has 2 aromatic heterocycles. The maximum absolute atomic E-state index is 14.3. The molecule has 1 saturated carbocycles. The highest BCUT2D eigenvalue weighted by molar-refractivity contribution is 6.00. The van der Waals surface area contributed by atoms with Crippen LogP contribution < -0.4 is 20.7 Å². The molecule has 4 rings (SSSR count). The number of pyridine rings is 1. The van der Waals surface area contributed by atoms with Crippen LogP contribution in [0.5, 0.6) is 5.75 Å². The van der Waals surface area contributed by atoms with Gasteiger partial charge in [0.25, 0.3) is 5.91 Å². The summed E-state index contributed by atoms with van der Waals surface area (Å²) in [5.74, 6) is -0.353. The summed E-state index contributed by atoms with van der Waals surface area (Å²) in [6, 6.07) is 6.59. The highest BCUT2D eigenvalue weighted by Crippen LogP contribution is 2.41. The summed E-state index contributed by atoms with van der Waals surface area (Å²) >= 11 is 0. The number of carbonyl (C=O) groups excluding carboxylic acids is 2. The minimum atomic E-state index is -0.453. The summed E-state index contributed by atoms with van der Waals surface area (Å²) in [6.07, 6.45) is 3.28. The van der Waals surface area contributed by atoms with Crippen LogP contribution in [0, 0.1) is 25.6 Å². The Hall–Kier alpha value is -4.08. The van der Waals surface area contributed by atoms with Crippen LogP contribution >= 0.6 is 0 Å². The van der Waals surface area contributed by atoms with Gasteiger partial charge in [-0.25, -0.2) is 4.39 Å². The molecule has 0 saturated heterocycles. The van der Waals surface area contributed by atoms with Gasteiger partial charge in [0, 0.05) is 36.4 Å². The number of anilines is 3. The van der Waals surface area contributed by atoms with Gasteiger partial charge in [-0.05, 0) is 44.4 Å². The van der Waals surface area contributed by atoms with Crippen LogP contribution in [0.15, 0.2) is 30.5 Å². The molecule has 0 spiro atoms. The van der Waals surface area contributed by atoms with Gasteiger partial charge in [-0.1, -0.05) is 6.07 Å². The highest BCUT2D eigenvalue weighted by atomic mass is 19.1. The SMILES string of the molecule is CNC(=O)c1nnc(NC(=O)C2CC2)cc1Nc1ccc(C)c(-c2cnc(C)c(F)c2)c1OC. The molecule has 1 aromatic carbocycles. The van der Waals surface area contributed by atoms with Crippen molar-refractivity contribution >= 4 is 29.0 Å². The van der Waals surface area contributed by atoms with Crippen molar-refractivity contribution in [3.63, 3.8) is 0 Å². The molecule has 3 N–H and O–H groups in total. The van der Waals surface area contributed by atoms with Gasteiger partial charge >= 0.3 is 0 Å². The number of aromatic nitrogens is 3. The van der Waals surface area contributed by atoms with Crippen molar-refractivity contribution in [3.05, 3.63) is 53.2 Å². The number of nitrogens with zero attached hydrogens (tertiary/aromatic N) is 3. The largest absolute Gasteiger partial charge is 0.494 e. The number of rotatable bonds is 7. The van der Waals surface area contributed by atoms with E-state index in [2.05, 4.69) is 31.1 Å². The Kier molecular flexibility index (Phi) is 6.40. The summed E-state index contributed by atoms with van der Waals surface area (Å²) in [6.45, 7) is 3.48. The zero-order valence-corrected chi connectivity index (χ0v) is 19.3. The van der Waals surface area contributed by atoms with Crippen molar-refractivity contribution in [3.8, 4) is 16.9 Å². The molecule has 0 atom stereocenters. The number of aryl methyl sites for hydroxylation is 2. The van der Waals surface area contributed by atoms with E-state index < -0.39 is 11.7 Å². The summed E-state index contributed by atoms with van der Waals surface area (Å²) in [5.41, 5.74) is 3.24. The molecule has 34 heavy (non-hydrogen) atoms. The summed E-state index contributed by atoms with van der Waals surface area (Å²) in [5, 5.41) is 16.4. The van der Waals surface area contributed by atoms with Crippen molar-refractivity contribution in [1.82, 2.24) is 20.5 Å². The zero-order chi connectivity index (χ0) is 24.4. The molecular weight excluding hydrogens is 439 g/mol. The third-order valence-corrected chi connectivity index (χ3v) is 5.59. The zero-order valence-electron chi connectivity index (χ0n) is 19.3. The topological polar surface area (TPSA) is 118 Å². The third-order valence-electron chi connectivity index (χ3n) is 5.59. The van der Waals surface area contributed by atoms with E-state index in [0.717, 1.165) is 18.4 Å². The average molecular weight is 465 g/mol. The molecule has 1 fully saturated rings. The number of ether oxygens (including phenoxy) is 1. The van der Waals surface area contributed by atoms with Gasteiger partial charge in [0.2, 0.25) is 5.91 Å². The lowest BCUT2D eigenvalue weighted by atomic mass is 9.99. The number of hydrogen-bond acceptors (Lipinski definition) is 7. The van der Waals surface area contributed by atoms with Crippen molar-refractivity contribution in [1.29, 1.82) is 0 Å². The monoisotopic (exact) mass is 464 g/mol. The Labute approximate surface area is 196 Å². The maximum Gasteiger partial charge on any atom is 0.273 e. The second-order valence-corrected chi connectivity index (χ2v) is 8.09. The third kappa shape index (κ3) is 4.66. The standard InChI is InChI=1S/C24H25FN6O3/c1-12-5-8-17(22(34-4)20(12)15-9-16(25)13(2)27-11-15)28-18-10-19(29-23(32)14-6-7-14)30-31-21(18)24(33)26-3/h5,8-11,14H,6-7H2,1-4H3,(H,26,33)(H2,28,29,30,32). The molecule has 1 aliphatic rings. The van der Waals surface area contributed by atoms with Gasteiger partial charge < -0.3 is 20.7 Å². The van der Waals surface area contributed by atoms with Crippen molar-refractivity contribution < 1.29 is 18.7 Å². The lowest BCUT2D eigenvalue weighted by Gasteiger charge is -2.19. The molecule has 0 unspecified atom stereocenters. The Morgan fingerprint density at radius 2 is 1.88 bits per heavy atom. The van der Waals surface area contributed by atoms with Crippen LogP contribution in [0.25, 0.3) is 11.1 Å². The smallest absolute Gasteiger partial charge is 0.273 e. The fourth-order valence-electron chi connectivity index (χ4n) is 3.55. The van der Waals surface area contributed by atoms with E-state index >= 15 is 0 Å². The average Bonchev–Trinajstić information content (AvgIpc) is 3.67. The van der Waals surface area contributed by atoms with Gasteiger partial charge in [-0.3, -0.25) is 14.6 Å². The molecule has 176 valence electrons. The Bertz CT molecular complexity index is 1280. The van der Waals surface area contributed by atoms with Gasteiger partial charge in [-0.2, -0.15) is 0 Å². The fourth-order valence-corrected chi connectivity index (χ4v) is 3.55. The molecule has 10 heteroatoms. The van der Waals surface area contributed by atoms with Crippen LogP contribution in [-0.2, 0) is 4.79 Å². The first kappa shape index (κ1) is 23.1. The van der Waals surface area contributed by atoms with Crippen LogP contribution in [0.1, 0.15) is 34.6 Å². The second kappa shape index (κ2) is 9.42. The molecule has 0 bridgehead atoms. The minimum absolute atomic E-state index is 0.0138. The summed E-state index contributed by atoms with van der Waals surface area (Å²) in [4.78, 5) is 28.7. The molecule has 1 aliphatic carbocycles. The van der Waals surface area contributed by atoms with Crippen molar-refractivity contribution in [2.24, 2.45) is 5.92 Å². The van der Waals surface area contributed by atoms with E-state index in [4.69, 9.17) is 4.74 Å². The van der Waals surface area contributed by atoms with Crippen LogP contribution in [-0.4, -0.2) is 41.2 Å². The summed E-state index contributed by atoms with van der Waals surface area (Å²) < 4.78 is 20.0. The van der Waals surface area contributed by atoms with Gasteiger partial charge in [0.15, 0.2) is 11.5 Å². The lowest BCUT2D eigenvalue weighted by Crippen LogP contribution is -2.22. The highest BCUT2D eigenvalue weighted by Gasteiger charge is 2.30. The fraction of sp³-hybridized carbons (Fsp3) is 0.292.